The number of carbonyl (C=O) groups is 1. The van der Waals surface area contributed by atoms with Gasteiger partial charge in [-0.3, -0.25) is 4.79 Å². The van der Waals surface area contributed by atoms with Crippen molar-refractivity contribution in [3.05, 3.63) is 59.7 Å². The summed E-state index contributed by atoms with van der Waals surface area (Å²) < 4.78 is 11.3. The van der Waals surface area contributed by atoms with Gasteiger partial charge in [-0.15, -0.1) is 0 Å². The summed E-state index contributed by atoms with van der Waals surface area (Å²) in [4.78, 5) is 12.5. The maximum Gasteiger partial charge on any atom is 0.251 e. The Morgan fingerprint density at radius 2 is 1.79 bits per heavy atom. The van der Waals surface area contributed by atoms with E-state index in [1.807, 2.05) is 51.1 Å². The summed E-state index contributed by atoms with van der Waals surface area (Å²) in [7, 11) is 0. The van der Waals surface area contributed by atoms with Crippen LogP contribution in [-0.4, -0.2) is 19.1 Å². The fraction of sp³-hybridized carbons (Fsp3) is 0.350. The average molecular weight is 327 g/mol. The standard InChI is InChI=1S/C20H25NO3/c1-4-13-24-18-12-11-17(14-19(18)23-5-2)20(22)21-15(3)16-9-7-6-8-10-16/h6-12,14-15H,4-5,13H2,1-3H3,(H,21,22)/t15-/m1/s1. The van der Waals surface area contributed by atoms with Crippen molar-refractivity contribution >= 4 is 5.91 Å². The van der Waals surface area contributed by atoms with Gasteiger partial charge >= 0.3 is 0 Å². The number of amides is 1. The average Bonchev–Trinajstić information content (AvgIpc) is 2.61. The van der Waals surface area contributed by atoms with Gasteiger partial charge in [0.1, 0.15) is 0 Å². The van der Waals surface area contributed by atoms with Crippen molar-refractivity contribution in [1.29, 1.82) is 0 Å². The molecular formula is C20H25NO3. The Kier molecular flexibility index (Phi) is 6.67. The quantitative estimate of drug-likeness (QED) is 0.783. The molecule has 0 aliphatic carbocycles. The van der Waals surface area contributed by atoms with E-state index in [-0.39, 0.29) is 11.9 Å². The fourth-order valence-corrected chi connectivity index (χ4v) is 2.35. The summed E-state index contributed by atoms with van der Waals surface area (Å²) in [5.41, 5.74) is 1.63. The van der Waals surface area contributed by atoms with Gasteiger partial charge in [-0.05, 0) is 44.0 Å². The lowest BCUT2D eigenvalue weighted by Crippen LogP contribution is -2.26. The minimum Gasteiger partial charge on any atom is -0.490 e. The molecule has 0 heterocycles. The molecule has 4 heteroatoms. The Bertz CT molecular complexity index is 655. The Labute approximate surface area is 143 Å². The molecule has 1 atom stereocenters. The van der Waals surface area contributed by atoms with Gasteiger partial charge in [0.25, 0.3) is 5.91 Å². The molecule has 0 saturated heterocycles. The summed E-state index contributed by atoms with van der Waals surface area (Å²) in [5, 5.41) is 3.01. The minimum atomic E-state index is -0.130. The predicted octanol–water partition coefficient (Wildman–Crippen LogP) is 4.37. The highest BCUT2D eigenvalue weighted by Gasteiger charge is 2.14. The zero-order valence-corrected chi connectivity index (χ0v) is 14.5. The Morgan fingerprint density at radius 1 is 1.04 bits per heavy atom. The first kappa shape index (κ1) is 17.9. The summed E-state index contributed by atoms with van der Waals surface area (Å²) >= 11 is 0. The number of benzene rings is 2. The molecule has 0 aliphatic heterocycles. The molecular weight excluding hydrogens is 302 g/mol. The van der Waals surface area contributed by atoms with Crippen molar-refractivity contribution in [2.45, 2.75) is 33.2 Å². The number of carbonyl (C=O) groups excluding carboxylic acids is 1. The number of hydrogen-bond acceptors (Lipinski definition) is 3. The third-order valence-corrected chi connectivity index (χ3v) is 3.61. The molecule has 24 heavy (non-hydrogen) atoms. The van der Waals surface area contributed by atoms with Crippen LogP contribution in [-0.2, 0) is 0 Å². The Hall–Kier alpha value is -2.49. The van der Waals surface area contributed by atoms with E-state index in [0.29, 0.717) is 30.3 Å². The van der Waals surface area contributed by atoms with Crippen LogP contribution >= 0.6 is 0 Å². The van der Waals surface area contributed by atoms with Gasteiger partial charge in [-0.2, -0.15) is 0 Å². The molecule has 0 aliphatic rings. The van der Waals surface area contributed by atoms with Gasteiger partial charge in [0.2, 0.25) is 0 Å². The molecule has 4 nitrogen and oxygen atoms in total. The van der Waals surface area contributed by atoms with Crippen LogP contribution in [0.25, 0.3) is 0 Å². The van der Waals surface area contributed by atoms with Crippen LogP contribution in [0.3, 0.4) is 0 Å². The van der Waals surface area contributed by atoms with Crippen LogP contribution in [0.15, 0.2) is 48.5 Å². The molecule has 1 amide bonds. The number of ether oxygens (including phenoxy) is 2. The van der Waals surface area contributed by atoms with Crippen molar-refractivity contribution in [2.24, 2.45) is 0 Å². The van der Waals surface area contributed by atoms with E-state index in [2.05, 4.69) is 5.32 Å². The van der Waals surface area contributed by atoms with Gasteiger partial charge in [0.05, 0.1) is 19.3 Å². The minimum absolute atomic E-state index is 0.0646. The van der Waals surface area contributed by atoms with E-state index in [1.54, 1.807) is 18.2 Å². The van der Waals surface area contributed by atoms with Gasteiger partial charge < -0.3 is 14.8 Å². The van der Waals surface area contributed by atoms with Crippen LogP contribution in [0.5, 0.6) is 11.5 Å². The molecule has 0 bridgehead atoms. The molecule has 0 fully saturated rings. The molecule has 2 aromatic carbocycles. The molecule has 2 aromatic rings. The molecule has 2 rings (SSSR count). The van der Waals surface area contributed by atoms with E-state index < -0.39 is 0 Å². The van der Waals surface area contributed by atoms with Crippen LogP contribution in [0.4, 0.5) is 0 Å². The number of hydrogen-bond donors (Lipinski definition) is 1. The zero-order chi connectivity index (χ0) is 17.4. The van der Waals surface area contributed by atoms with E-state index in [0.717, 1.165) is 12.0 Å². The van der Waals surface area contributed by atoms with E-state index in [4.69, 9.17) is 9.47 Å². The third-order valence-electron chi connectivity index (χ3n) is 3.61. The SMILES string of the molecule is CCCOc1ccc(C(=O)N[C@H](C)c2ccccc2)cc1OCC. The van der Waals surface area contributed by atoms with Gasteiger partial charge in [-0.1, -0.05) is 37.3 Å². The second-order valence-corrected chi connectivity index (χ2v) is 5.55. The van der Waals surface area contributed by atoms with E-state index >= 15 is 0 Å². The van der Waals surface area contributed by atoms with Crippen molar-refractivity contribution in [2.75, 3.05) is 13.2 Å². The summed E-state index contributed by atoms with van der Waals surface area (Å²) in [6.07, 6.45) is 0.919. The van der Waals surface area contributed by atoms with Crippen molar-refractivity contribution < 1.29 is 14.3 Å². The van der Waals surface area contributed by atoms with Crippen LogP contribution < -0.4 is 14.8 Å². The number of nitrogens with one attached hydrogen (secondary N) is 1. The van der Waals surface area contributed by atoms with Gasteiger partial charge in [-0.25, -0.2) is 0 Å². The van der Waals surface area contributed by atoms with E-state index in [1.165, 1.54) is 0 Å². The van der Waals surface area contributed by atoms with Gasteiger partial charge in [0, 0.05) is 5.56 Å². The Morgan fingerprint density at radius 3 is 2.46 bits per heavy atom. The summed E-state index contributed by atoms with van der Waals surface area (Å²) in [6.45, 7) is 7.07. The predicted molar refractivity (Wildman–Crippen MR) is 95.7 cm³/mol. The van der Waals surface area contributed by atoms with Crippen LogP contribution in [0.1, 0.15) is 49.2 Å². The third kappa shape index (κ3) is 4.75. The molecule has 0 saturated carbocycles. The monoisotopic (exact) mass is 327 g/mol. The first-order chi connectivity index (χ1) is 11.7. The molecule has 0 unspecified atom stereocenters. The van der Waals surface area contributed by atoms with Crippen LogP contribution in [0.2, 0.25) is 0 Å². The van der Waals surface area contributed by atoms with Crippen LogP contribution in [0, 0.1) is 0 Å². The molecule has 0 aromatic heterocycles. The van der Waals surface area contributed by atoms with E-state index in [9.17, 15) is 4.79 Å². The first-order valence-corrected chi connectivity index (χ1v) is 8.41. The highest BCUT2D eigenvalue weighted by atomic mass is 16.5. The highest BCUT2D eigenvalue weighted by Crippen LogP contribution is 2.29. The molecule has 128 valence electrons. The molecule has 1 N–H and O–H groups in total. The fourth-order valence-electron chi connectivity index (χ4n) is 2.35. The first-order valence-electron chi connectivity index (χ1n) is 8.41. The topological polar surface area (TPSA) is 47.6 Å². The largest absolute Gasteiger partial charge is 0.490 e. The second-order valence-electron chi connectivity index (χ2n) is 5.55. The smallest absolute Gasteiger partial charge is 0.251 e. The lowest BCUT2D eigenvalue weighted by Gasteiger charge is -2.16. The number of rotatable bonds is 8. The maximum absolute atomic E-state index is 12.5. The van der Waals surface area contributed by atoms with Crippen molar-refractivity contribution in [1.82, 2.24) is 5.32 Å². The maximum atomic E-state index is 12.5. The molecule has 0 radical (unpaired) electrons. The highest BCUT2D eigenvalue weighted by molar-refractivity contribution is 5.95. The zero-order valence-electron chi connectivity index (χ0n) is 14.5. The molecule has 0 spiro atoms. The Balaban J connectivity index is 2.12. The van der Waals surface area contributed by atoms with Crippen molar-refractivity contribution in [3.8, 4) is 11.5 Å². The lowest BCUT2D eigenvalue weighted by molar-refractivity contribution is 0.0939. The second kappa shape index (κ2) is 8.96. The summed E-state index contributed by atoms with van der Waals surface area (Å²) in [6, 6.07) is 15.1. The van der Waals surface area contributed by atoms with Gasteiger partial charge in [0.15, 0.2) is 11.5 Å². The summed E-state index contributed by atoms with van der Waals surface area (Å²) in [5.74, 6) is 1.15. The normalized spacial score (nSPS) is 11.6. The lowest BCUT2D eigenvalue weighted by atomic mass is 10.1. The van der Waals surface area contributed by atoms with Crippen molar-refractivity contribution in [3.63, 3.8) is 0 Å².